The summed E-state index contributed by atoms with van der Waals surface area (Å²) in [6, 6.07) is 3.72. The van der Waals surface area contributed by atoms with Gasteiger partial charge in [-0.1, -0.05) is 12.8 Å². The molecular formula is C12H13BrN2O2S. The van der Waals surface area contributed by atoms with Crippen molar-refractivity contribution in [3.63, 3.8) is 0 Å². The first-order chi connectivity index (χ1) is 8.62. The first kappa shape index (κ1) is 12.2. The minimum Gasteiger partial charge on any atom is -0.305 e. The van der Waals surface area contributed by atoms with E-state index in [0.717, 1.165) is 34.3 Å². The van der Waals surface area contributed by atoms with E-state index in [1.807, 2.05) is 12.1 Å². The van der Waals surface area contributed by atoms with E-state index in [1.165, 1.54) is 0 Å². The van der Waals surface area contributed by atoms with Crippen LogP contribution in [0.4, 0.5) is 4.79 Å². The maximum absolute atomic E-state index is 12.0. The molecule has 2 fully saturated rings. The molecule has 0 unspecified atom stereocenters. The minimum absolute atomic E-state index is 0.111. The fourth-order valence-electron chi connectivity index (χ4n) is 2.87. The predicted octanol–water partition coefficient (Wildman–Crippen LogP) is 2.88. The van der Waals surface area contributed by atoms with E-state index in [1.54, 1.807) is 16.2 Å². The Morgan fingerprint density at radius 1 is 1.33 bits per heavy atom. The Morgan fingerprint density at radius 3 is 2.67 bits per heavy atom. The highest BCUT2D eigenvalue weighted by molar-refractivity contribution is 9.11. The topological polar surface area (TPSA) is 49.4 Å². The number of carbonyl (C=O) groups is 2. The number of nitrogens with one attached hydrogen (secondary N) is 1. The summed E-state index contributed by atoms with van der Waals surface area (Å²) in [5, 5.41) is 2.47. The predicted molar refractivity (Wildman–Crippen MR) is 72.3 cm³/mol. The first-order valence-electron chi connectivity index (χ1n) is 5.99. The summed E-state index contributed by atoms with van der Waals surface area (Å²) in [5.74, 6) is -0.111. The quantitative estimate of drug-likeness (QED) is 0.848. The van der Waals surface area contributed by atoms with E-state index >= 15 is 0 Å². The molecule has 1 saturated carbocycles. The molecule has 18 heavy (non-hydrogen) atoms. The van der Waals surface area contributed by atoms with Gasteiger partial charge in [0.05, 0.1) is 10.3 Å². The summed E-state index contributed by atoms with van der Waals surface area (Å²) in [6.45, 7) is 0.522. The molecule has 1 aromatic heterocycles. The van der Waals surface area contributed by atoms with Gasteiger partial charge >= 0.3 is 6.03 Å². The highest BCUT2D eigenvalue weighted by Gasteiger charge is 2.53. The summed E-state index contributed by atoms with van der Waals surface area (Å²) in [7, 11) is 0. The second kappa shape index (κ2) is 4.35. The molecule has 2 heterocycles. The monoisotopic (exact) mass is 328 g/mol. The number of amides is 3. The largest absolute Gasteiger partial charge is 0.325 e. The third-order valence-electron chi connectivity index (χ3n) is 3.78. The lowest BCUT2D eigenvalue weighted by molar-refractivity contribution is -0.126. The van der Waals surface area contributed by atoms with Crippen LogP contribution in [-0.4, -0.2) is 22.4 Å². The van der Waals surface area contributed by atoms with Crippen LogP contribution in [0.25, 0.3) is 0 Å². The number of rotatable bonds is 2. The van der Waals surface area contributed by atoms with Crippen LogP contribution in [0, 0.1) is 0 Å². The molecule has 0 aromatic carbocycles. The van der Waals surface area contributed by atoms with E-state index in [2.05, 4.69) is 21.2 Å². The number of nitrogens with zero attached hydrogens (tertiary/aromatic N) is 1. The summed E-state index contributed by atoms with van der Waals surface area (Å²) in [4.78, 5) is 26.8. The number of urea groups is 1. The van der Waals surface area contributed by atoms with Crippen molar-refractivity contribution in [1.82, 2.24) is 10.2 Å². The molecule has 1 saturated heterocycles. The number of thiophene rings is 1. The number of imide groups is 1. The summed E-state index contributed by atoms with van der Waals surface area (Å²) >= 11 is 5.02. The van der Waals surface area contributed by atoms with Crippen molar-refractivity contribution in [2.24, 2.45) is 0 Å². The van der Waals surface area contributed by atoms with Crippen LogP contribution in [0.1, 0.15) is 30.6 Å². The van der Waals surface area contributed by atoms with Crippen molar-refractivity contribution in [3.8, 4) is 0 Å². The van der Waals surface area contributed by atoms with E-state index < -0.39 is 5.54 Å². The van der Waals surface area contributed by atoms with Crippen molar-refractivity contribution in [2.75, 3.05) is 0 Å². The van der Waals surface area contributed by atoms with Crippen LogP contribution in [0.5, 0.6) is 0 Å². The summed E-state index contributed by atoms with van der Waals surface area (Å²) < 4.78 is 1.05. The van der Waals surface area contributed by atoms with Gasteiger partial charge in [-0.2, -0.15) is 0 Å². The van der Waals surface area contributed by atoms with Crippen LogP contribution in [0.15, 0.2) is 15.9 Å². The van der Waals surface area contributed by atoms with Gasteiger partial charge < -0.3 is 4.90 Å². The summed E-state index contributed by atoms with van der Waals surface area (Å²) in [5.41, 5.74) is -0.576. The second-order valence-electron chi connectivity index (χ2n) is 4.79. The molecule has 1 aromatic rings. The Kier molecular flexibility index (Phi) is 2.94. The Balaban J connectivity index is 1.89. The van der Waals surface area contributed by atoms with Gasteiger partial charge in [-0.15, -0.1) is 11.3 Å². The zero-order chi connectivity index (χ0) is 12.8. The molecule has 1 spiro atoms. The van der Waals surface area contributed by atoms with Crippen LogP contribution < -0.4 is 5.32 Å². The van der Waals surface area contributed by atoms with Crippen molar-refractivity contribution in [2.45, 2.75) is 37.8 Å². The van der Waals surface area contributed by atoms with Crippen molar-refractivity contribution < 1.29 is 9.59 Å². The molecular weight excluding hydrogens is 316 g/mol. The Morgan fingerprint density at radius 2 is 2.06 bits per heavy atom. The SMILES string of the molecule is O=C1NC(=O)C2(CCCC2)N1Cc1ccc(Br)s1. The van der Waals surface area contributed by atoms with Gasteiger partial charge in [-0.05, 0) is 40.9 Å². The number of carbonyl (C=O) groups excluding carboxylic acids is 2. The average Bonchev–Trinajstić information content (AvgIpc) is 2.99. The minimum atomic E-state index is -0.576. The van der Waals surface area contributed by atoms with Crippen molar-refractivity contribution in [1.29, 1.82) is 0 Å². The number of halogens is 1. The van der Waals surface area contributed by atoms with E-state index in [9.17, 15) is 9.59 Å². The Labute approximate surface area is 117 Å². The third kappa shape index (κ3) is 1.78. The lowest BCUT2D eigenvalue weighted by atomic mass is 9.96. The van der Waals surface area contributed by atoms with Crippen LogP contribution >= 0.6 is 27.3 Å². The highest BCUT2D eigenvalue weighted by Crippen LogP contribution is 2.40. The normalized spacial score (nSPS) is 21.9. The highest BCUT2D eigenvalue weighted by atomic mass is 79.9. The smallest absolute Gasteiger partial charge is 0.305 e. The van der Waals surface area contributed by atoms with E-state index in [-0.39, 0.29) is 11.9 Å². The van der Waals surface area contributed by atoms with Gasteiger partial charge in [0.25, 0.3) is 5.91 Å². The molecule has 6 heteroatoms. The molecule has 0 radical (unpaired) electrons. The van der Waals surface area contributed by atoms with Crippen LogP contribution in [0.2, 0.25) is 0 Å². The molecule has 96 valence electrons. The van der Waals surface area contributed by atoms with Crippen LogP contribution in [-0.2, 0) is 11.3 Å². The van der Waals surface area contributed by atoms with Crippen molar-refractivity contribution in [3.05, 3.63) is 20.8 Å². The molecule has 4 nitrogen and oxygen atoms in total. The zero-order valence-electron chi connectivity index (χ0n) is 9.74. The molecule has 2 aliphatic rings. The fourth-order valence-corrected chi connectivity index (χ4v) is 4.34. The number of hydrogen-bond acceptors (Lipinski definition) is 3. The maximum Gasteiger partial charge on any atom is 0.325 e. The van der Waals surface area contributed by atoms with Gasteiger partial charge in [0.2, 0.25) is 0 Å². The third-order valence-corrected chi connectivity index (χ3v) is 5.39. The summed E-state index contributed by atoms with van der Waals surface area (Å²) in [6.07, 6.45) is 3.62. The van der Waals surface area contributed by atoms with Gasteiger partial charge in [0.15, 0.2) is 0 Å². The molecule has 3 rings (SSSR count). The molecule has 1 aliphatic carbocycles. The second-order valence-corrected chi connectivity index (χ2v) is 7.34. The Hall–Kier alpha value is -0.880. The van der Waals surface area contributed by atoms with Gasteiger partial charge in [-0.25, -0.2) is 4.79 Å². The molecule has 0 bridgehead atoms. The van der Waals surface area contributed by atoms with Gasteiger partial charge in [-0.3, -0.25) is 10.1 Å². The van der Waals surface area contributed by atoms with Gasteiger partial charge in [0, 0.05) is 4.88 Å². The zero-order valence-corrected chi connectivity index (χ0v) is 12.1. The average molecular weight is 329 g/mol. The first-order valence-corrected chi connectivity index (χ1v) is 7.60. The molecule has 1 N–H and O–H groups in total. The Bertz CT molecular complexity index is 508. The lowest BCUT2D eigenvalue weighted by Gasteiger charge is -2.30. The van der Waals surface area contributed by atoms with Crippen molar-refractivity contribution >= 4 is 39.2 Å². The molecule has 0 atom stereocenters. The van der Waals surface area contributed by atoms with E-state index in [4.69, 9.17) is 0 Å². The molecule has 3 amide bonds. The lowest BCUT2D eigenvalue weighted by Crippen LogP contribution is -2.46. The standard InChI is InChI=1S/C12H13BrN2O2S/c13-9-4-3-8(18-9)7-15-11(17)14-10(16)12(15)5-1-2-6-12/h3-4H,1-2,5-7H2,(H,14,16,17). The molecule has 1 aliphatic heterocycles. The van der Waals surface area contributed by atoms with E-state index in [0.29, 0.717) is 6.54 Å². The maximum atomic E-state index is 12.0. The fraction of sp³-hybridized carbons (Fsp3) is 0.500. The number of hydrogen-bond donors (Lipinski definition) is 1. The van der Waals surface area contributed by atoms with Crippen LogP contribution in [0.3, 0.4) is 0 Å². The van der Waals surface area contributed by atoms with Gasteiger partial charge in [0.1, 0.15) is 5.54 Å².